The fourth-order valence-corrected chi connectivity index (χ4v) is 4.33. The van der Waals surface area contributed by atoms with E-state index in [4.69, 9.17) is 0 Å². The number of amides is 1. The Morgan fingerprint density at radius 2 is 1.62 bits per heavy atom. The van der Waals surface area contributed by atoms with Gasteiger partial charge in [0.2, 0.25) is 5.91 Å². The molecule has 2 nitrogen and oxygen atoms in total. The number of carbonyl (C=O) groups excluding carboxylic acids is 1. The van der Waals surface area contributed by atoms with Gasteiger partial charge >= 0.3 is 0 Å². The molecule has 106 valence electrons. The van der Waals surface area contributed by atoms with Gasteiger partial charge in [-0.3, -0.25) is 4.79 Å². The van der Waals surface area contributed by atoms with Gasteiger partial charge in [0.1, 0.15) is 0 Å². The summed E-state index contributed by atoms with van der Waals surface area (Å²) in [6.07, 6.45) is 0.924. The fourth-order valence-electron chi connectivity index (χ4n) is 4.33. The average molecular weight is 277 g/mol. The Morgan fingerprint density at radius 1 is 1.00 bits per heavy atom. The zero-order valence-corrected chi connectivity index (χ0v) is 12.4. The Morgan fingerprint density at radius 3 is 2.33 bits per heavy atom. The van der Waals surface area contributed by atoms with Gasteiger partial charge in [0.25, 0.3) is 0 Å². The first-order valence-electron chi connectivity index (χ1n) is 7.64. The average Bonchev–Trinajstić information content (AvgIpc) is 2.70. The summed E-state index contributed by atoms with van der Waals surface area (Å²) in [5, 5.41) is 0. The predicted molar refractivity (Wildman–Crippen MR) is 83.2 cm³/mol. The quantitative estimate of drug-likeness (QED) is 0.719. The van der Waals surface area contributed by atoms with E-state index < -0.39 is 0 Å². The molecule has 21 heavy (non-hydrogen) atoms. The Balaban J connectivity index is 2.02. The highest BCUT2D eigenvalue weighted by atomic mass is 16.2. The van der Waals surface area contributed by atoms with Crippen LogP contribution < -0.4 is 0 Å². The first-order valence-corrected chi connectivity index (χ1v) is 7.64. The van der Waals surface area contributed by atoms with E-state index in [2.05, 4.69) is 60.4 Å². The van der Waals surface area contributed by atoms with Gasteiger partial charge < -0.3 is 4.90 Å². The Hall–Kier alpha value is -2.09. The normalized spacial score (nSPS) is 26.0. The zero-order chi connectivity index (χ0) is 14.6. The minimum absolute atomic E-state index is 0.175. The lowest BCUT2D eigenvalue weighted by atomic mass is 9.79. The molecule has 3 atom stereocenters. The molecule has 2 aromatic rings. The molecular formula is C19H19NO. The highest BCUT2D eigenvalue weighted by molar-refractivity contribution is 5.76. The van der Waals surface area contributed by atoms with E-state index in [0.29, 0.717) is 5.92 Å². The maximum Gasteiger partial charge on any atom is 0.220 e. The first-order chi connectivity index (χ1) is 10.2. The standard InChI is InChI=1S/C19H19NO/c1-12-19-15-8-4-3-7-14(15)11-18(20(12)13(2)21)16-9-5-6-10-17(16)19/h3-10,12,18-19H,11H2,1-2H3/t12-,18-,19+/m1/s1. The molecule has 0 spiro atoms. The summed E-state index contributed by atoms with van der Waals surface area (Å²) in [4.78, 5) is 14.3. The Bertz CT molecular complexity index is 721. The molecular weight excluding hydrogens is 258 g/mol. The molecule has 2 aromatic carbocycles. The molecule has 3 aliphatic rings. The molecule has 0 aromatic heterocycles. The lowest BCUT2D eigenvalue weighted by molar-refractivity contribution is -0.134. The zero-order valence-electron chi connectivity index (χ0n) is 12.4. The van der Waals surface area contributed by atoms with E-state index in [1.165, 1.54) is 22.3 Å². The third-order valence-corrected chi connectivity index (χ3v) is 5.11. The Labute approximate surface area is 125 Å². The maximum absolute atomic E-state index is 12.2. The third-order valence-electron chi connectivity index (χ3n) is 5.11. The minimum Gasteiger partial charge on any atom is -0.332 e. The van der Waals surface area contributed by atoms with Crippen molar-refractivity contribution >= 4 is 5.91 Å². The van der Waals surface area contributed by atoms with E-state index in [-0.39, 0.29) is 18.0 Å². The van der Waals surface area contributed by atoms with Crippen LogP contribution in [0.15, 0.2) is 48.5 Å². The van der Waals surface area contributed by atoms with Crippen molar-refractivity contribution in [2.45, 2.75) is 38.3 Å². The van der Waals surface area contributed by atoms with Gasteiger partial charge in [0, 0.05) is 18.9 Å². The Kier molecular flexibility index (Phi) is 2.68. The largest absolute Gasteiger partial charge is 0.332 e. The van der Waals surface area contributed by atoms with Gasteiger partial charge in [-0.1, -0.05) is 48.5 Å². The number of hydrogen-bond acceptors (Lipinski definition) is 1. The van der Waals surface area contributed by atoms with Crippen LogP contribution in [-0.4, -0.2) is 16.8 Å². The van der Waals surface area contributed by atoms with Crippen LogP contribution in [0.4, 0.5) is 0 Å². The molecule has 0 unspecified atom stereocenters. The van der Waals surface area contributed by atoms with Crippen molar-refractivity contribution in [2.24, 2.45) is 0 Å². The highest BCUT2D eigenvalue weighted by Crippen LogP contribution is 2.48. The molecule has 0 saturated carbocycles. The van der Waals surface area contributed by atoms with Crippen molar-refractivity contribution in [3.63, 3.8) is 0 Å². The number of fused-ring (bicyclic) bond motifs is 1. The smallest absolute Gasteiger partial charge is 0.220 e. The summed E-state index contributed by atoms with van der Waals surface area (Å²) in [6.45, 7) is 3.89. The van der Waals surface area contributed by atoms with Gasteiger partial charge in [-0.05, 0) is 35.6 Å². The number of benzene rings is 2. The summed E-state index contributed by atoms with van der Waals surface area (Å²) in [6, 6.07) is 17.7. The SMILES string of the molecule is CC(=O)N1[C@@H]2Cc3ccccc3[C@@H](c3ccccc32)[C@H]1C. The topological polar surface area (TPSA) is 20.3 Å². The predicted octanol–water partition coefficient (Wildman–Crippen LogP) is 3.67. The van der Waals surface area contributed by atoms with E-state index in [9.17, 15) is 4.79 Å². The summed E-state index contributed by atoms with van der Waals surface area (Å²) < 4.78 is 0. The summed E-state index contributed by atoms with van der Waals surface area (Å²) in [5.74, 6) is 0.472. The van der Waals surface area contributed by atoms with Crippen LogP contribution in [0, 0.1) is 0 Å². The minimum atomic E-state index is 0.175. The second kappa shape index (κ2) is 4.45. The van der Waals surface area contributed by atoms with Gasteiger partial charge in [0.05, 0.1) is 6.04 Å². The van der Waals surface area contributed by atoms with Crippen LogP contribution in [0.2, 0.25) is 0 Å². The van der Waals surface area contributed by atoms with Crippen molar-refractivity contribution in [1.82, 2.24) is 4.90 Å². The van der Waals surface area contributed by atoms with Crippen molar-refractivity contribution in [3.8, 4) is 0 Å². The van der Waals surface area contributed by atoms with E-state index in [0.717, 1.165) is 6.42 Å². The van der Waals surface area contributed by atoms with Crippen LogP contribution in [0.5, 0.6) is 0 Å². The molecule has 1 aliphatic carbocycles. The lowest BCUT2D eigenvalue weighted by Crippen LogP contribution is -2.46. The molecule has 2 bridgehead atoms. The van der Waals surface area contributed by atoms with Crippen LogP contribution in [0.3, 0.4) is 0 Å². The van der Waals surface area contributed by atoms with E-state index in [1.807, 2.05) is 0 Å². The molecule has 2 aliphatic heterocycles. The van der Waals surface area contributed by atoms with E-state index in [1.54, 1.807) is 6.92 Å². The van der Waals surface area contributed by atoms with Gasteiger partial charge in [-0.15, -0.1) is 0 Å². The number of hydrogen-bond donors (Lipinski definition) is 0. The molecule has 2 heterocycles. The van der Waals surface area contributed by atoms with Gasteiger partial charge in [-0.2, -0.15) is 0 Å². The summed E-state index contributed by atoms with van der Waals surface area (Å²) in [7, 11) is 0. The number of nitrogens with zero attached hydrogens (tertiary/aromatic N) is 1. The van der Waals surface area contributed by atoms with Crippen LogP contribution in [0.1, 0.15) is 48.1 Å². The molecule has 0 saturated heterocycles. The summed E-state index contributed by atoms with van der Waals surface area (Å²) >= 11 is 0. The first kappa shape index (κ1) is 12.6. The maximum atomic E-state index is 12.2. The van der Waals surface area contributed by atoms with Crippen LogP contribution in [0.25, 0.3) is 0 Å². The van der Waals surface area contributed by atoms with Crippen molar-refractivity contribution in [2.75, 3.05) is 0 Å². The second-order valence-electron chi connectivity index (χ2n) is 6.19. The molecule has 0 radical (unpaired) electrons. The van der Waals surface area contributed by atoms with Crippen molar-refractivity contribution in [3.05, 3.63) is 70.8 Å². The highest BCUT2D eigenvalue weighted by Gasteiger charge is 2.43. The van der Waals surface area contributed by atoms with Crippen molar-refractivity contribution < 1.29 is 4.79 Å². The molecule has 0 fully saturated rings. The van der Waals surface area contributed by atoms with Crippen LogP contribution >= 0.6 is 0 Å². The molecule has 1 amide bonds. The monoisotopic (exact) mass is 277 g/mol. The molecule has 2 heteroatoms. The number of rotatable bonds is 0. The van der Waals surface area contributed by atoms with Crippen molar-refractivity contribution in [1.29, 1.82) is 0 Å². The molecule has 0 N–H and O–H groups in total. The lowest BCUT2D eigenvalue weighted by Gasteiger charge is -2.43. The number of carbonyl (C=O) groups is 1. The van der Waals surface area contributed by atoms with Crippen LogP contribution in [-0.2, 0) is 11.2 Å². The van der Waals surface area contributed by atoms with Gasteiger partial charge in [0.15, 0.2) is 0 Å². The third kappa shape index (κ3) is 1.68. The fraction of sp³-hybridized carbons (Fsp3) is 0.316. The van der Waals surface area contributed by atoms with Gasteiger partial charge in [-0.25, -0.2) is 0 Å². The summed E-state index contributed by atoms with van der Waals surface area (Å²) in [5.41, 5.74) is 5.51. The van der Waals surface area contributed by atoms with E-state index >= 15 is 0 Å². The molecule has 5 rings (SSSR count). The second-order valence-corrected chi connectivity index (χ2v) is 6.19.